The average Bonchev–Trinajstić information content (AvgIpc) is 2.66. The molecule has 0 spiro atoms. The first-order valence-electron chi connectivity index (χ1n) is 7.78. The highest BCUT2D eigenvalue weighted by Crippen LogP contribution is 2.30. The van der Waals surface area contributed by atoms with Crippen molar-refractivity contribution in [1.29, 1.82) is 0 Å². The Balaban J connectivity index is 1.82. The van der Waals surface area contributed by atoms with E-state index in [1.54, 1.807) is 24.3 Å². The first-order valence-corrected chi connectivity index (χ1v) is 8.54. The van der Waals surface area contributed by atoms with Crippen LogP contribution in [0.15, 0.2) is 54.9 Å². The van der Waals surface area contributed by atoms with Gasteiger partial charge in [0.15, 0.2) is 0 Å². The molecule has 0 atom stereocenters. The molecule has 1 amide bonds. The van der Waals surface area contributed by atoms with Crippen LogP contribution in [0, 0.1) is 10.1 Å². The molecule has 2 aromatic carbocycles. The Kier molecular flexibility index (Phi) is 5.87. The second-order valence-corrected chi connectivity index (χ2v) is 6.21. The van der Waals surface area contributed by atoms with Gasteiger partial charge in [-0.15, -0.1) is 0 Å². The van der Waals surface area contributed by atoms with Crippen molar-refractivity contribution in [2.45, 2.75) is 0 Å². The summed E-state index contributed by atoms with van der Waals surface area (Å²) in [4.78, 5) is 30.9. The number of aromatic nitrogens is 2. The van der Waals surface area contributed by atoms with Crippen LogP contribution in [0.5, 0.6) is 0 Å². The number of rotatable bonds is 6. The lowest BCUT2D eigenvalue weighted by atomic mass is 10.2. The number of hydrogen-bond donors (Lipinski definition) is 3. The Bertz CT molecular complexity index is 1030. The summed E-state index contributed by atoms with van der Waals surface area (Å²) in [5.74, 6) is -0.850. The minimum absolute atomic E-state index is 0.0347. The summed E-state index contributed by atoms with van der Waals surface area (Å²) in [6.45, 7) is 0. The third-order valence-corrected chi connectivity index (χ3v) is 4.06. The van der Waals surface area contributed by atoms with E-state index in [4.69, 9.17) is 23.2 Å². The SMILES string of the molecule is O=C(NNc1ncnc(Nc2ccccc2)c1[N+](=O)[O-])c1ccc(Cl)cc1Cl. The number of nitro groups is 1. The van der Waals surface area contributed by atoms with Crippen LogP contribution in [0.25, 0.3) is 0 Å². The van der Waals surface area contributed by atoms with Gasteiger partial charge in [-0.3, -0.25) is 25.8 Å². The number of hydrogen-bond acceptors (Lipinski definition) is 7. The number of carbonyl (C=O) groups is 1. The van der Waals surface area contributed by atoms with Crippen molar-refractivity contribution in [3.63, 3.8) is 0 Å². The predicted molar refractivity (Wildman–Crippen MR) is 106 cm³/mol. The zero-order valence-electron chi connectivity index (χ0n) is 14.0. The van der Waals surface area contributed by atoms with Crippen LogP contribution in [0.1, 0.15) is 10.4 Å². The largest absolute Gasteiger partial charge is 0.355 e. The molecule has 3 N–H and O–H groups in total. The van der Waals surface area contributed by atoms with Crippen molar-refractivity contribution in [1.82, 2.24) is 15.4 Å². The van der Waals surface area contributed by atoms with Crippen LogP contribution in [0.3, 0.4) is 0 Å². The number of anilines is 3. The maximum absolute atomic E-state index is 12.3. The quantitative estimate of drug-likeness (QED) is 0.405. The van der Waals surface area contributed by atoms with Crippen molar-refractivity contribution < 1.29 is 9.72 Å². The van der Waals surface area contributed by atoms with Gasteiger partial charge in [-0.05, 0) is 30.3 Å². The summed E-state index contributed by atoms with van der Waals surface area (Å²) in [6, 6.07) is 13.1. The fourth-order valence-corrected chi connectivity index (χ4v) is 2.74. The molecule has 0 fully saturated rings. The molecule has 0 aliphatic carbocycles. The topological polar surface area (TPSA) is 122 Å². The van der Waals surface area contributed by atoms with Crippen molar-refractivity contribution in [3.8, 4) is 0 Å². The van der Waals surface area contributed by atoms with Gasteiger partial charge >= 0.3 is 5.69 Å². The number of amides is 1. The molecular formula is C17H12Cl2N6O3. The lowest BCUT2D eigenvalue weighted by Gasteiger charge is -2.11. The molecule has 9 nitrogen and oxygen atoms in total. The smallest absolute Gasteiger partial charge is 0.334 e. The Morgan fingerprint density at radius 3 is 2.43 bits per heavy atom. The van der Waals surface area contributed by atoms with Crippen molar-refractivity contribution in [2.24, 2.45) is 0 Å². The first kappa shape index (κ1) is 19.3. The maximum atomic E-state index is 12.3. The van der Waals surface area contributed by atoms with E-state index in [2.05, 4.69) is 26.1 Å². The average molecular weight is 419 g/mol. The van der Waals surface area contributed by atoms with Gasteiger partial charge in [0.1, 0.15) is 6.33 Å². The number of nitrogens with one attached hydrogen (secondary N) is 3. The van der Waals surface area contributed by atoms with Crippen LogP contribution in [-0.4, -0.2) is 20.8 Å². The third-order valence-electron chi connectivity index (χ3n) is 3.51. The molecule has 1 aromatic heterocycles. The highest BCUT2D eigenvalue weighted by molar-refractivity contribution is 6.36. The molecule has 142 valence electrons. The lowest BCUT2D eigenvalue weighted by molar-refractivity contribution is -0.383. The van der Waals surface area contributed by atoms with E-state index in [1.165, 1.54) is 18.2 Å². The van der Waals surface area contributed by atoms with E-state index in [0.717, 1.165) is 6.33 Å². The molecule has 0 saturated carbocycles. The van der Waals surface area contributed by atoms with Gasteiger partial charge in [0.25, 0.3) is 5.91 Å². The lowest BCUT2D eigenvalue weighted by Crippen LogP contribution is -2.30. The summed E-state index contributed by atoms with van der Waals surface area (Å²) in [5, 5.41) is 14.9. The van der Waals surface area contributed by atoms with Gasteiger partial charge in [-0.25, -0.2) is 9.97 Å². The molecule has 0 unspecified atom stereocenters. The Hall–Kier alpha value is -3.43. The Morgan fingerprint density at radius 1 is 1.04 bits per heavy atom. The van der Waals surface area contributed by atoms with E-state index >= 15 is 0 Å². The van der Waals surface area contributed by atoms with Crippen molar-refractivity contribution in [2.75, 3.05) is 10.7 Å². The van der Waals surface area contributed by atoms with Crippen LogP contribution >= 0.6 is 23.2 Å². The third kappa shape index (κ3) is 4.45. The summed E-state index contributed by atoms with van der Waals surface area (Å²) in [7, 11) is 0. The molecule has 0 radical (unpaired) electrons. The van der Waals surface area contributed by atoms with E-state index in [1.807, 2.05) is 6.07 Å². The van der Waals surface area contributed by atoms with Gasteiger partial charge in [-0.2, -0.15) is 0 Å². The molecule has 28 heavy (non-hydrogen) atoms. The molecule has 0 aliphatic rings. The van der Waals surface area contributed by atoms with Gasteiger partial charge in [0.05, 0.1) is 15.5 Å². The van der Waals surface area contributed by atoms with Crippen LogP contribution in [0.2, 0.25) is 10.0 Å². The minimum Gasteiger partial charge on any atom is -0.334 e. The second-order valence-electron chi connectivity index (χ2n) is 5.37. The molecule has 0 aliphatic heterocycles. The minimum atomic E-state index is -0.658. The van der Waals surface area contributed by atoms with Gasteiger partial charge in [0.2, 0.25) is 11.6 Å². The summed E-state index contributed by atoms with van der Waals surface area (Å²) < 4.78 is 0. The maximum Gasteiger partial charge on any atom is 0.355 e. The number of carbonyl (C=O) groups excluding carboxylic acids is 1. The molecular weight excluding hydrogens is 407 g/mol. The van der Waals surface area contributed by atoms with Gasteiger partial charge in [-0.1, -0.05) is 41.4 Å². The normalized spacial score (nSPS) is 10.2. The van der Waals surface area contributed by atoms with Crippen LogP contribution < -0.4 is 16.2 Å². The van der Waals surface area contributed by atoms with Crippen molar-refractivity contribution in [3.05, 3.63) is 80.6 Å². The fourth-order valence-electron chi connectivity index (χ4n) is 2.25. The van der Waals surface area contributed by atoms with E-state index in [9.17, 15) is 14.9 Å². The predicted octanol–water partition coefficient (Wildman–Crippen LogP) is 4.19. The summed E-state index contributed by atoms with van der Waals surface area (Å²) in [5.41, 5.74) is 5.06. The number of halogens is 2. The summed E-state index contributed by atoms with van der Waals surface area (Å²) in [6.07, 6.45) is 1.13. The standard InChI is InChI=1S/C17H12Cl2N6O3/c18-10-6-7-12(13(19)8-10)17(26)24-23-16-14(25(27)28)15(20-9-21-16)22-11-4-2-1-3-5-11/h1-9H,(H,24,26)(H2,20,21,22,23). The highest BCUT2D eigenvalue weighted by atomic mass is 35.5. The second kappa shape index (κ2) is 8.51. The number of nitrogens with zero attached hydrogens (tertiary/aromatic N) is 3. The zero-order valence-corrected chi connectivity index (χ0v) is 15.5. The molecule has 0 saturated heterocycles. The molecule has 0 bridgehead atoms. The molecule has 11 heteroatoms. The summed E-state index contributed by atoms with van der Waals surface area (Å²) >= 11 is 11.8. The Labute approximate surface area is 168 Å². The van der Waals surface area contributed by atoms with Crippen LogP contribution in [0.4, 0.5) is 23.0 Å². The highest BCUT2D eigenvalue weighted by Gasteiger charge is 2.24. The van der Waals surface area contributed by atoms with E-state index in [0.29, 0.717) is 10.7 Å². The van der Waals surface area contributed by atoms with E-state index < -0.39 is 16.5 Å². The number of para-hydroxylation sites is 1. The monoisotopic (exact) mass is 418 g/mol. The zero-order chi connectivity index (χ0) is 20.1. The van der Waals surface area contributed by atoms with E-state index in [-0.39, 0.29) is 22.2 Å². The van der Waals surface area contributed by atoms with Crippen molar-refractivity contribution >= 4 is 52.1 Å². The molecule has 3 aromatic rings. The first-order chi connectivity index (χ1) is 13.5. The fraction of sp³-hybridized carbons (Fsp3) is 0. The molecule has 3 rings (SSSR count). The Morgan fingerprint density at radius 2 is 1.75 bits per heavy atom. The number of benzene rings is 2. The number of hydrazine groups is 1. The molecule has 1 heterocycles. The van der Waals surface area contributed by atoms with Crippen LogP contribution in [-0.2, 0) is 0 Å². The van der Waals surface area contributed by atoms with Gasteiger partial charge in [0, 0.05) is 10.7 Å². The van der Waals surface area contributed by atoms with Gasteiger partial charge < -0.3 is 5.32 Å².